The summed E-state index contributed by atoms with van der Waals surface area (Å²) < 4.78 is 0. The van der Waals surface area contributed by atoms with Crippen LogP contribution in [0.1, 0.15) is 26.2 Å². The molecule has 1 unspecified atom stereocenters. The van der Waals surface area contributed by atoms with E-state index in [2.05, 4.69) is 6.07 Å². The van der Waals surface area contributed by atoms with Crippen LogP contribution in [0.2, 0.25) is 0 Å². The average Bonchev–Trinajstić information content (AvgIpc) is 2.46. The van der Waals surface area contributed by atoms with Crippen molar-refractivity contribution in [1.82, 2.24) is 0 Å². The van der Waals surface area contributed by atoms with Gasteiger partial charge in [0, 0.05) is 5.57 Å². The molecule has 0 heterocycles. The molecular weight excluding hydrogens is 162 g/mol. The van der Waals surface area contributed by atoms with E-state index in [1.54, 1.807) is 12.2 Å². The number of allylic oxidation sites excluding steroid dienone is 4. The summed E-state index contributed by atoms with van der Waals surface area (Å²) in [5, 5.41) is 9.10. The lowest BCUT2D eigenvalue weighted by atomic mass is 9.73. The van der Waals surface area contributed by atoms with Gasteiger partial charge in [0.2, 0.25) is 0 Å². The third-order valence-corrected chi connectivity index (χ3v) is 2.96. The second-order valence-corrected chi connectivity index (χ2v) is 3.79. The predicted octanol–water partition coefficient (Wildman–Crippen LogP) is 2.14. The van der Waals surface area contributed by atoms with Crippen molar-refractivity contribution in [3.05, 3.63) is 23.3 Å². The SMILES string of the molecule is CC1=C2C(=O)C=CC2(C#N)CCC1. The second-order valence-electron chi connectivity index (χ2n) is 3.79. The maximum Gasteiger partial charge on any atom is 0.183 e. The van der Waals surface area contributed by atoms with Gasteiger partial charge in [0.1, 0.15) is 5.41 Å². The Morgan fingerprint density at radius 1 is 1.62 bits per heavy atom. The molecule has 0 fully saturated rings. The molecule has 0 aromatic carbocycles. The largest absolute Gasteiger partial charge is 0.290 e. The lowest BCUT2D eigenvalue weighted by Crippen LogP contribution is -2.23. The first kappa shape index (κ1) is 8.25. The van der Waals surface area contributed by atoms with Crippen molar-refractivity contribution < 1.29 is 4.79 Å². The van der Waals surface area contributed by atoms with Crippen LogP contribution in [0, 0.1) is 16.7 Å². The third-order valence-electron chi connectivity index (χ3n) is 2.96. The first-order chi connectivity index (χ1) is 6.19. The zero-order valence-electron chi connectivity index (χ0n) is 7.63. The molecule has 1 atom stereocenters. The monoisotopic (exact) mass is 173 g/mol. The summed E-state index contributed by atoms with van der Waals surface area (Å²) in [4.78, 5) is 11.5. The predicted molar refractivity (Wildman–Crippen MR) is 48.7 cm³/mol. The van der Waals surface area contributed by atoms with Crippen molar-refractivity contribution in [2.75, 3.05) is 0 Å². The molecule has 2 nitrogen and oxygen atoms in total. The van der Waals surface area contributed by atoms with Crippen LogP contribution in [0.5, 0.6) is 0 Å². The van der Waals surface area contributed by atoms with E-state index < -0.39 is 5.41 Å². The van der Waals surface area contributed by atoms with Crippen LogP contribution >= 0.6 is 0 Å². The Bertz CT molecular complexity index is 370. The molecule has 66 valence electrons. The highest BCUT2D eigenvalue weighted by molar-refractivity contribution is 6.09. The molecule has 0 N–H and O–H groups in total. The highest BCUT2D eigenvalue weighted by Gasteiger charge is 2.42. The Hall–Kier alpha value is -1.36. The van der Waals surface area contributed by atoms with Gasteiger partial charge in [-0.1, -0.05) is 11.6 Å². The summed E-state index contributed by atoms with van der Waals surface area (Å²) in [7, 11) is 0. The van der Waals surface area contributed by atoms with E-state index in [-0.39, 0.29) is 5.78 Å². The topological polar surface area (TPSA) is 40.9 Å². The van der Waals surface area contributed by atoms with Crippen molar-refractivity contribution in [2.24, 2.45) is 5.41 Å². The molecule has 0 aromatic rings. The molecule has 0 aliphatic heterocycles. The van der Waals surface area contributed by atoms with E-state index in [9.17, 15) is 4.79 Å². The quantitative estimate of drug-likeness (QED) is 0.563. The molecule has 0 radical (unpaired) electrons. The van der Waals surface area contributed by atoms with E-state index in [1.165, 1.54) is 0 Å². The van der Waals surface area contributed by atoms with Crippen molar-refractivity contribution in [3.63, 3.8) is 0 Å². The van der Waals surface area contributed by atoms with Crippen LogP contribution in [0.4, 0.5) is 0 Å². The van der Waals surface area contributed by atoms with Gasteiger partial charge in [-0.05, 0) is 32.3 Å². The number of nitrogens with zero attached hydrogens (tertiary/aromatic N) is 1. The first-order valence-corrected chi connectivity index (χ1v) is 4.55. The molecule has 0 saturated carbocycles. The van der Waals surface area contributed by atoms with Gasteiger partial charge in [0.15, 0.2) is 5.78 Å². The van der Waals surface area contributed by atoms with Gasteiger partial charge >= 0.3 is 0 Å². The fraction of sp³-hybridized carbons (Fsp3) is 0.455. The van der Waals surface area contributed by atoms with Crippen molar-refractivity contribution in [2.45, 2.75) is 26.2 Å². The minimum absolute atomic E-state index is 0.0405. The number of hydrogen-bond donors (Lipinski definition) is 0. The maximum atomic E-state index is 11.5. The smallest absolute Gasteiger partial charge is 0.183 e. The van der Waals surface area contributed by atoms with Gasteiger partial charge in [-0.2, -0.15) is 5.26 Å². The van der Waals surface area contributed by atoms with Crippen molar-refractivity contribution >= 4 is 5.78 Å². The molecule has 0 amide bonds. The van der Waals surface area contributed by atoms with Gasteiger partial charge in [-0.25, -0.2) is 0 Å². The molecule has 0 bridgehead atoms. The summed E-state index contributed by atoms with van der Waals surface area (Å²) in [6.45, 7) is 1.96. The number of fused-ring (bicyclic) bond motifs is 1. The van der Waals surface area contributed by atoms with E-state index in [0.717, 1.165) is 30.4 Å². The number of rotatable bonds is 0. The molecule has 2 rings (SSSR count). The van der Waals surface area contributed by atoms with Crippen LogP contribution in [0.25, 0.3) is 0 Å². The molecule has 2 heteroatoms. The van der Waals surface area contributed by atoms with Gasteiger partial charge in [0.25, 0.3) is 0 Å². The Morgan fingerprint density at radius 2 is 2.38 bits per heavy atom. The average molecular weight is 173 g/mol. The summed E-state index contributed by atoms with van der Waals surface area (Å²) >= 11 is 0. The third kappa shape index (κ3) is 0.968. The van der Waals surface area contributed by atoms with Crippen molar-refractivity contribution in [3.8, 4) is 6.07 Å². The fourth-order valence-electron chi connectivity index (χ4n) is 2.31. The zero-order chi connectivity index (χ0) is 9.47. The standard InChI is InChI=1S/C11H11NO/c1-8-3-2-5-11(7-12)6-4-9(13)10(8)11/h4,6H,2-3,5H2,1H3. The molecular formula is C11H11NO. The zero-order valence-corrected chi connectivity index (χ0v) is 7.63. The summed E-state index contributed by atoms with van der Waals surface area (Å²) in [6, 6.07) is 2.27. The van der Waals surface area contributed by atoms with Gasteiger partial charge in [-0.3, -0.25) is 4.79 Å². The van der Waals surface area contributed by atoms with E-state index in [4.69, 9.17) is 5.26 Å². The molecule has 0 spiro atoms. The fourth-order valence-corrected chi connectivity index (χ4v) is 2.31. The minimum Gasteiger partial charge on any atom is -0.290 e. The number of ketones is 1. The summed E-state index contributed by atoms with van der Waals surface area (Å²) in [6.07, 6.45) is 6.10. The lowest BCUT2D eigenvalue weighted by Gasteiger charge is -2.27. The highest BCUT2D eigenvalue weighted by Crippen LogP contribution is 2.45. The number of nitriles is 1. The second kappa shape index (κ2) is 2.56. The van der Waals surface area contributed by atoms with Crippen LogP contribution in [-0.2, 0) is 4.79 Å². The van der Waals surface area contributed by atoms with Gasteiger partial charge in [-0.15, -0.1) is 0 Å². The molecule has 0 saturated heterocycles. The van der Waals surface area contributed by atoms with Crippen LogP contribution < -0.4 is 0 Å². The van der Waals surface area contributed by atoms with Gasteiger partial charge < -0.3 is 0 Å². The Morgan fingerprint density at radius 3 is 3.00 bits per heavy atom. The Labute approximate surface area is 77.6 Å². The molecule has 2 aliphatic rings. The van der Waals surface area contributed by atoms with Crippen LogP contribution in [-0.4, -0.2) is 5.78 Å². The maximum absolute atomic E-state index is 11.5. The first-order valence-electron chi connectivity index (χ1n) is 4.55. The van der Waals surface area contributed by atoms with Crippen LogP contribution in [0.15, 0.2) is 23.3 Å². The van der Waals surface area contributed by atoms with Crippen LogP contribution in [0.3, 0.4) is 0 Å². The number of carbonyl (C=O) groups is 1. The Balaban J connectivity index is 2.60. The molecule has 2 aliphatic carbocycles. The van der Waals surface area contributed by atoms with E-state index >= 15 is 0 Å². The lowest BCUT2D eigenvalue weighted by molar-refractivity contribution is -0.111. The number of hydrogen-bond acceptors (Lipinski definition) is 2. The normalized spacial score (nSPS) is 31.8. The number of carbonyl (C=O) groups excluding carboxylic acids is 1. The molecule has 13 heavy (non-hydrogen) atoms. The summed E-state index contributed by atoms with van der Waals surface area (Å²) in [5.74, 6) is 0.0405. The van der Waals surface area contributed by atoms with Gasteiger partial charge in [0.05, 0.1) is 6.07 Å². The van der Waals surface area contributed by atoms with E-state index in [0.29, 0.717) is 0 Å². The minimum atomic E-state index is -0.570. The highest BCUT2D eigenvalue weighted by atomic mass is 16.1. The van der Waals surface area contributed by atoms with Crippen molar-refractivity contribution in [1.29, 1.82) is 5.26 Å². The summed E-state index contributed by atoms with van der Waals surface area (Å²) in [5.41, 5.74) is 1.28. The molecule has 0 aromatic heterocycles. The van der Waals surface area contributed by atoms with E-state index in [1.807, 2.05) is 6.92 Å². The Kier molecular flexibility index (Phi) is 1.63.